The minimum atomic E-state index is -0.671. The van der Waals surface area contributed by atoms with Crippen LogP contribution in [-0.2, 0) is 11.8 Å². The zero-order valence-corrected chi connectivity index (χ0v) is 19.5. The molecule has 168 valence electrons. The van der Waals surface area contributed by atoms with Gasteiger partial charge in [-0.2, -0.15) is 0 Å². The molecule has 0 aliphatic carbocycles. The van der Waals surface area contributed by atoms with Gasteiger partial charge in [0.25, 0.3) is 5.91 Å². The number of amides is 2. The van der Waals surface area contributed by atoms with Gasteiger partial charge >= 0.3 is 0 Å². The Hall–Kier alpha value is -3.26. The SMILES string of the molecule is CCOc1ccc(C(=O)NC(C(=O)Nc2ccc(Sc3nccn3C)cc2)C(C)C)cc1. The number of anilines is 1. The lowest BCUT2D eigenvalue weighted by Crippen LogP contribution is -2.47. The molecule has 2 aromatic carbocycles. The van der Waals surface area contributed by atoms with Gasteiger partial charge in [-0.1, -0.05) is 25.6 Å². The molecular weight excluding hydrogens is 424 g/mol. The van der Waals surface area contributed by atoms with Crippen molar-refractivity contribution in [3.05, 3.63) is 66.5 Å². The molecule has 0 aliphatic heterocycles. The van der Waals surface area contributed by atoms with E-state index in [9.17, 15) is 9.59 Å². The van der Waals surface area contributed by atoms with Gasteiger partial charge in [0.1, 0.15) is 11.8 Å². The number of aryl methyl sites for hydroxylation is 1. The maximum atomic E-state index is 12.9. The maximum Gasteiger partial charge on any atom is 0.251 e. The molecule has 7 nitrogen and oxygen atoms in total. The summed E-state index contributed by atoms with van der Waals surface area (Å²) in [6.07, 6.45) is 3.65. The number of nitrogens with one attached hydrogen (secondary N) is 2. The minimum Gasteiger partial charge on any atom is -0.494 e. The Bertz CT molecular complexity index is 1050. The van der Waals surface area contributed by atoms with Crippen molar-refractivity contribution in [2.75, 3.05) is 11.9 Å². The first-order valence-corrected chi connectivity index (χ1v) is 11.3. The van der Waals surface area contributed by atoms with Crippen molar-refractivity contribution in [3.63, 3.8) is 0 Å². The van der Waals surface area contributed by atoms with Crippen LogP contribution in [0, 0.1) is 5.92 Å². The summed E-state index contributed by atoms with van der Waals surface area (Å²) in [6.45, 7) is 6.26. The molecule has 3 rings (SSSR count). The van der Waals surface area contributed by atoms with Crippen LogP contribution in [0.2, 0.25) is 0 Å². The van der Waals surface area contributed by atoms with Gasteiger partial charge in [-0.3, -0.25) is 9.59 Å². The van der Waals surface area contributed by atoms with E-state index in [-0.39, 0.29) is 17.7 Å². The smallest absolute Gasteiger partial charge is 0.251 e. The van der Waals surface area contributed by atoms with Gasteiger partial charge in [0.05, 0.1) is 6.61 Å². The summed E-state index contributed by atoms with van der Waals surface area (Å²) in [7, 11) is 1.94. The fourth-order valence-corrected chi connectivity index (χ4v) is 3.81. The van der Waals surface area contributed by atoms with E-state index in [0.717, 1.165) is 10.1 Å². The molecule has 1 heterocycles. The number of aromatic nitrogens is 2. The molecule has 1 atom stereocenters. The van der Waals surface area contributed by atoms with Gasteiger partial charge < -0.3 is 19.9 Å². The van der Waals surface area contributed by atoms with Crippen LogP contribution in [0.4, 0.5) is 5.69 Å². The molecular formula is C24H28N4O3S. The summed E-state index contributed by atoms with van der Waals surface area (Å²) in [5, 5.41) is 6.63. The standard InChI is InChI=1S/C24H28N4O3S/c1-5-31-19-10-6-17(7-11-19)22(29)27-21(16(2)3)23(30)26-18-8-12-20(13-9-18)32-24-25-14-15-28(24)4/h6-16,21H,5H2,1-4H3,(H,26,30)(H,27,29). The van der Waals surface area contributed by atoms with E-state index in [1.54, 1.807) is 42.2 Å². The lowest BCUT2D eigenvalue weighted by molar-refractivity contribution is -0.118. The molecule has 2 amide bonds. The van der Waals surface area contributed by atoms with Crippen LogP contribution in [0.15, 0.2) is 71.0 Å². The summed E-state index contributed by atoms with van der Waals surface area (Å²) in [6, 6.07) is 13.7. The van der Waals surface area contributed by atoms with Crippen molar-refractivity contribution in [1.29, 1.82) is 0 Å². The monoisotopic (exact) mass is 452 g/mol. The van der Waals surface area contributed by atoms with Crippen molar-refractivity contribution in [2.24, 2.45) is 13.0 Å². The quantitative estimate of drug-likeness (QED) is 0.504. The lowest BCUT2D eigenvalue weighted by atomic mass is 10.0. The predicted molar refractivity (Wildman–Crippen MR) is 126 cm³/mol. The van der Waals surface area contributed by atoms with E-state index >= 15 is 0 Å². The number of imidazole rings is 1. The minimum absolute atomic E-state index is 0.0834. The third-order valence-electron chi connectivity index (χ3n) is 4.77. The molecule has 1 aromatic heterocycles. The van der Waals surface area contributed by atoms with E-state index in [1.165, 1.54) is 0 Å². The van der Waals surface area contributed by atoms with Crippen LogP contribution < -0.4 is 15.4 Å². The molecule has 0 saturated carbocycles. The molecule has 0 fully saturated rings. The topological polar surface area (TPSA) is 85.2 Å². The largest absolute Gasteiger partial charge is 0.494 e. The van der Waals surface area contributed by atoms with Crippen LogP contribution in [0.1, 0.15) is 31.1 Å². The fraction of sp³-hybridized carbons (Fsp3) is 0.292. The van der Waals surface area contributed by atoms with E-state index in [0.29, 0.717) is 23.6 Å². The average Bonchev–Trinajstić information content (AvgIpc) is 3.18. The molecule has 32 heavy (non-hydrogen) atoms. The molecule has 0 radical (unpaired) electrons. The van der Waals surface area contributed by atoms with Crippen molar-refractivity contribution in [2.45, 2.75) is 36.9 Å². The van der Waals surface area contributed by atoms with Crippen molar-refractivity contribution in [1.82, 2.24) is 14.9 Å². The first kappa shape index (κ1) is 23.4. The van der Waals surface area contributed by atoms with E-state index in [2.05, 4.69) is 15.6 Å². The molecule has 8 heteroatoms. The first-order chi connectivity index (χ1) is 15.4. The third-order valence-corrected chi connectivity index (χ3v) is 5.86. The van der Waals surface area contributed by atoms with Crippen LogP contribution in [0.25, 0.3) is 0 Å². The second kappa shape index (κ2) is 10.9. The Morgan fingerprint density at radius 1 is 1.09 bits per heavy atom. The summed E-state index contributed by atoms with van der Waals surface area (Å²) >= 11 is 1.54. The molecule has 0 spiro atoms. The van der Waals surface area contributed by atoms with E-state index < -0.39 is 6.04 Å². The second-order valence-corrected chi connectivity index (χ2v) is 8.63. The molecule has 0 bridgehead atoms. The fourth-order valence-electron chi connectivity index (χ4n) is 3.01. The molecule has 1 unspecified atom stereocenters. The molecule has 0 saturated heterocycles. The number of benzene rings is 2. The van der Waals surface area contributed by atoms with Gasteiger partial charge in [0.2, 0.25) is 5.91 Å². The van der Waals surface area contributed by atoms with E-state index in [4.69, 9.17) is 4.74 Å². The van der Waals surface area contributed by atoms with Crippen LogP contribution >= 0.6 is 11.8 Å². The zero-order valence-electron chi connectivity index (χ0n) is 18.7. The number of rotatable bonds is 9. The Morgan fingerprint density at radius 2 is 1.78 bits per heavy atom. The number of hydrogen-bond donors (Lipinski definition) is 2. The highest BCUT2D eigenvalue weighted by Crippen LogP contribution is 2.27. The molecule has 0 aliphatic rings. The number of carbonyl (C=O) groups excluding carboxylic acids is 2. The highest BCUT2D eigenvalue weighted by molar-refractivity contribution is 7.99. The molecule has 2 N–H and O–H groups in total. The van der Waals surface area contributed by atoms with Crippen molar-refractivity contribution < 1.29 is 14.3 Å². The third kappa shape index (κ3) is 6.13. The number of ether oxygens (including phenoxy) is 1. The van der Waals surface area contributed by atoms with Gasteiger partial charge in [0.15, 0.2) is 5.16 Å². The highest BCUT2D eigenvalue weighted by Gasteiger charge is 2.25. The normalized spacial score (nSPS) is 11.8. The van der Waals surface area contributed by atoms with Crippen molar-refractivity contribution >= 4 is 29.3 Å². The Morgan fingerprint density at radius 3 is 2.34 bits per heavy atom. The summed E-state index contributed by atoms with van der Waals surface area (Å²) < 4.78 is 7.35. The number of carbonyl (C=O) groups is 2. The highest BCUT2D eigenvalue weighted by atomic mass is 32.2. The van der Waals surface area contributed by atoms with Crippen LogP contribution in [0.5, 0.6) is 5.75 Å². The van der Waals surface area contributed by atoms with Crippen molar-refractivity contribution in [3.8, 4) is 5.75 Å². The maximum absolute atomic E-state index is 12.9. The van der Waals surface area contributed by atoms with E-state index in [1.807, 2.05) is 62.8 Å². The second-order valence-electron chi connectivity index (χ2n) is 7.59. The predicted octanol–water partition coefficient (Wildman–Crippen LogP) is 4.36. The van der Waals surface area contributed by atoms with Gasteiger partial charge in [-0.05, 0) is 61.4 Å². The Balaban J connectivity index is 1.62. The Kier molecular flexibility index (Phi) is 7.94. The Labute approximate surface area is 192 Å². The average molecular weight is 453 g/mol. The lowest BCUT2D eigenvalue weighted by Gasteiger charge is -2.22. The number of hydrogen-bond acceptors (Lipinski definition) is 5. The summed E-state index contributed by atoms with van der Waals surface area (Å²) in [5.41, 5.74) is 1.14. The van der Waals surface area contributed by atoms with Gasteiger partial charge in [-0.25, -0.2) is 4.98 Å². The summed E-state index contributed by atoms with van der Waals surface area (Å²) in [5.74, 6) is 0.0547. The number of nitrogens with zero attached hydrogens (tertiary/aromatic N) is 2. The van der Waals surface area contributed by atoms with Crippen LogP contribution in [0.3, 0.4) is 0 Å². The zero-order chi connectivity index (χ0) is 23.1. The summed E-state index contributed by atoms with van der Waals surface area (Å²) in [4.78, 5) is 30.9. The van der Waals surface area contributed by atoms with Crippen LogP contribution in [-0.4, -0.2) is 34.0 Å². The molecule has 3 aromatic rings. The van der Waals surface area contributed by atoms with Gasteiger partial charge in [-0.15, -0.1) is 0 Å². The van der Waals surface area contributed by atoms with Gasteiger partial charge in [0, 0.05) is 35.6 Å². The first-order valence-electron chi connectivity index (χ1n) is 10.5.